The Kier molecular flexibility index (Phi) is 9.68. The van der Waals surface area contributed by atoms with Crippen LogP contribution in [0.25, 0.3) is 0 Å². The molecule has 1 aliphatic carbocycles. The van der Waals surface area contributed by atoms with Gasteiger partial charge in [0, 0.05) is 47.4 Å². The van der Waals surface area contributed by atoms with E-state index in [1.54, 1.807) is 12.4 Å². The lowest BCUT2D eigenvalue weighted by Crippen LogP contribution is -2.62. The van der Waals surface area contributed by atoms with Gasteiger partial charge in [0.2, 0.25) is 10.0 Å². The monoisotopic (exact) mass is 645 g/mol. The zero-order valence-electron chi connectivity index (χ0n) is 24.2. The summed E-state index contributed by atoms with van der Waals surface area (Å²) in [5, 5.41) is 10.9. The SMILES string of the molecule is CC[C@@H](CNS(=O)(=O)C1CC1)N1C(Oc2ccccc2)[C@@](C)(CC(=O)O)C[C@H](c2cncc(Cl)c2)[C@H]1c1ccc(Cl)cc1. The van der Waals surface area contributed by atoms with Crippen molar-refractivity contribution < 1.29 is 23.1 Å². The molecule has 5 rings (SSSR count). The number of piperidine rings is 1. The number of rotatable bonds is 12. The second-order valence-electron chi connectivity index (χ2n) is 11.9. The highest BCUT2D eigenvalue weighted by Gasteiger charge is 2.54. The fourth-order valence-corrected chi connectivity index (χ4v) is 8.07. The van der Waals surface area contributed by atoms with Crippen LogP contribution in [0.2, 0.25) is 10.0 Å². The highest BCUT2D eigenvalue weighted by Crippen LogP contribution is 2.55. The molecule has 0 bridgehead atoms. The van der Waals surface area contributed by atoms with Gasteiger partial charge in [0.05, 0.1) is 16.7 Å². The van der Waals surface area contributed by atoms with E-state index in [4.69, 9.17) is 27.9 Å². The van der Waals surface area contributed by atoms with E-state index in [1.165, 1.54) is 0 Å². The van der Waals surface area contributed by atoms with Gasteiger partial charge in [0.1, 0.15) is 5.75 Å². The number of nitrogens with one attached hydrogen (secondary N) is 1. The molecule has 1 aliphatic heterocycles. The number of aliphatic carboxylic acids is 1. The Morgan fingerprint density at radius 1 is 1.09 bits per heavy atom. The Morgan fingerprint density at radius 2 is 1.79 bits per heavy atom. The molecule has 11 heteroatoms. The van der Waals surface area contributed by atoms with Crippen molar-refractivity contribution in [3.63, 3.8) is 0 Å². The van der Waals surface area contributed by atoms with Gasteiger partial charge in [-0.25, -0.2) is 13.1 Å². The third-order valence-corrected chi connectivity index (χ3v) is 10.9. The van der Waals surface area contributed by atoms with Gasteiger partial charge in [-0.1, -0.05) is 67.4 Å². The van der Waals surface area contributed by atoms with Gasteiger partial charge in [-0.3, -0.25) is 14.7 Å². The quantitative estimate of drug-likeness (QED) is 0.226. The molecule has 0 radical (unpaired) electrons. The Labute approximate surface area is 263 Å². The maximum atomic E-state index is 13.0. The van der Waals surface area contributed by atoms with Gasteiger partial charge in [-0.15, -0.1) is 0 Å². The molecule has 8 nitrogen and oxygen atoms in total. The normalized spacial score (nSPS) is 25.3. The number of ether oxygens (including phenoxy) is 1. The zero-order valence-corrected chi connectivity index (χ0v) is 26.5. The summed E-state index contributed by atoms with van der Waals surface area (Å²) in [6.07, 6.45) is 4.81. The molecule has 0 amide bonds. The number of nitrogens with zero attached hydrogens (tertiary/aromatic N) is 2. The average molecular weight is 647 g/mol. The van der Waals surface area contributed by atoms with Crippen molar-refractivity contribution in [1.82, 2.24) is 14.6 Å². The van der Waals surface area contributed by atoms with Crippen LogP contribution < -0.4 is 9.46 Å². The second kappa shape index (κ2) is 13.1. The number of benzene rings is 2. The van der Waals surface area contributed by atoms with E-state index < -0.39 is 27.6 Å². The van der Waals surface area contributed by atoms with Crippen LogP contribution in [0.4, 0.5) is 0 Å². The minimum Gasteiger partial charge on any atom is -0.481 e. The first-order chi connectivity index (χ1) is 20.5. The van der Waals surface area contributed by atoms with E-state index in [0.717, 1.165) is 11.1 Å². The van der Waals surface area contributed by atoms with E-state index in [0.29, 0.717) is 41.5 Å². The minimum absolute atomic E-state index is 0.151. The first-order valence-electron chi connectivity index (χ1n) is 14.6. The summed E-state index contributed by atoms with van der Waals surface area (Å²) in [6.45, 7) is 4.09. The summed E-state index contributed by atoms with van der Waals surface area (Å²) >= 11 is 12.8. The molecule has 230 valence electrons. The standard InChI is InChI=1S/C32H37Cl2N3O5S/c1-3-25(20-36-43(40,41)27-13-14-27)37-30(21-9-11-23(33)12-10-21)28(22-15-24(34)19-35-18-22)16-32(2,17-29(38)39)31(37)42-26-7-5-4-6-8-26/h4-12,15,18-19,25,27-28,30-31,36H,3,13-14,16-17,20H2,1-2H3,(H,38,39)/t25-,28+,30+,31?,32+/m0/s1. The molecule has 1 saturated carbocycles. The maximum absolute atomic E-state index is 13.0. The molecule has 1 saturated heterocycles. The minimum atomic E-state index is -3.47. The molecule has 2 heterocycles. The lowest BCUT2D eigenvalue weighted by molar-refractivity contribution is -0.167. The third kappa shape index (κ3) is 7.35. The predicted molar refractivity (Wildman–Crippen MR) is 168 cm³/mol. The molecule has 1 unspecified atom stereocenters. The van der Waals surface area contributed by atoms with Crippen molar-refractivity contribution in [1.29, 1.82) is 0 Å². The second-order valence-corrected chi connectivity index (χ2v) is 14.8. The summed E-state index contributed by atoms with van der Waals surface area (Å²) in [5.41, 5.74) is 0.915. The summed E-state index contributed by atoms with van der Waals surface area (Å²) in [4.78, 5) is 19.0. The summed E-state index contributed by atoms with van der Waals surface area (Å²) in [5.74, 6) is -0.596. The largest absolute Gasteiger partial charge is 0.481 e. The fraction of sp³-hybridized carbons (Fsp3) is 0.438. The van der Waals surface area contributed by atoms with Gasteiger partial charge in [0.25, 0.3) is 0 Å². The smallest absolute Gasteiger partial charge is 0.304 e. The Bertz CT molecular complexity index is 1520. The number of carboxylic acids is 1. The van der Waals surface area contributed by atoms with Crippen LogP contribution in [0.15, 0.2) is 73.1 Å². The molecule has 0 spiro atoms. The van der Waals surface area contributed by atoms with Crippen molar-refractivity contribution in [3.8, 4) is 5.75 Å². The van der Waals surface area contributed by atoms with E-state index in [9.17, 15) is 18.3 Å². The highest BCUT2D eigenvalue weighted by molar-refractivity contribution is 7.90. The van der Waals surface area contributed by atoms with Crippen molar-refractivity contribution in [2.24, 2.45) is 5.41 Å². The number of para-hydroxylation sites is 1. The number of carboxylic acid groups (broad SMARTS) is 1. The molecule has 2 N–H and O–H groups in total. The lowest BCUT2D eigenvalue weighted by Gasteiger charge is -2.56. The van der Waals surface area contributed by atoms with Gasteiger partial charge in [-0.2, -0.15) is 0 Å². The molecule has 2 fully saturated rings. The first kappa shape index (κ1) is 31.7. The van der Waals surface area contributed by atoms with Crippen molar-refractivity contribution in [2.45, 2.75) is 75.4 Å². The van der Waals surface area contributed by atoms with Crippen LogP contribution in [0, 0.1) is 5.41 Å². The third-order valence-electron chi connectivity index (χ3n) is 8.54. The molecule has 1 aromatic heterocycles. The van der Waals surface area contributed by atoms with Crippen molar-refractivity contribution in [2.75, 3.05) is 6.54 Å². The van der Waals surface area contributed by atoms with Gasteiger partial charge in [0.15, 0.2) is 6.23 Å². The first-order valence-corrected chi connectivity index (χ1v) is 16.9. The summed E-state index contributed by atoms with van der Waals surface area (Å²) < 4.78 is 35.6. The van der Waals surface area contributed by atoms with Crippen LogP contribution in [0.1, 0.15) is 69.0 Å². The van der Waals surface area contributed by atoms with Gasteiger partial charge < -0.3 is 9.84 Å². The molecular formula is C32H37Cl2N3O5S. The Morgan fingerprint density at radius 3 is 2.40 bits per heavy atom. The molecule has 43 heavy (non-hydrogen) atoms. The Balaban J connectivity index is 1.69. The molecule has 2 aromatic carbocycles. The van der Waals surface area contributed by atoms with Gasteiger partial charge in [-0.05, 0) is 67.1 Å². The molecular weight excluding hydrogens is 609 g/mol. The van der Waals surface area contributed by atoms with Crippen molar-refractivity contribution >= 4 is 39.2 Å². The number of carbonyl (C=O) groups is 1. The van der Waals surface area contributed by atoms with E-state index >= 15 is 0 Å². The van der Waals surface area contributed by atoms with Gasteiger partial charge >= 0.3 is 5.97 Å². The lowest BCUT2D eigenvalue weighted by atomic mass is 9.66. The summed E-state index contributed by atoms with van der Waals surface area (Å²) in [7, 11) is -3.47. The molecule has 2 aliphatic rings. The van der Waals surface area contributed by atoms with Crippen LogP contribution in [-0.4, -0.2) is 53.4 Å². The number of halogens is 2. The number of sulfonamides is 1. The molecule has 5 atom stereocenters. The number of pyridine rings is 1. The van der Waals surface area contributed by atoms with E-state index in [2.05, 4.69) is 14.6 Å². The van der Waals surface area contributed by atoms with E-state index in [1.807, 2.05) is 74.5 Å². The topological polar surface area (TPSA) is 109 Å². The zero-order chi connectivity index (χ0) is 30.8. The average Bonchev–Trinajstić information content (AvgIpc) is 3.82. The van der Waals surface area contributed by atoms with Crippen LogP contribution in [0.5, 0.6) is 5.75 Å². The van der Waals surface area contributed by atoms with Crippen LogP contribution in [-0.2, 0) is 14.8 Å². The number of likely N-dealkylation sites (tertiary alicyclic amines) is 1. The fourth-order valence-electron chi connectivity index (χ4n) is 6.35. The number of hydrogen-bond donors (Lipinski definition) is 2. The summed E-state index contributed by atoms with van der Waals surface area (Å²) in [6, 6.07) is 18.1. The number of aromatic nitrogens is 1. The predicted octanol–water partition coefficient (Wildman–Crippen LogP) is 6.67. The van der Waals surface area contributed by atoms with E-state index in [-0.39, 0.29) is 36.2 Å². The number of hydrogen-bond acceptors (Lipinski definition) is 6. The molecule has 3 aromatic rings. The van der Waals surface area contributed by atoms with Crippen LogP contribution >= 0.6 is 23.2 Å². The Hall–Kier alpha value is -2.69. The van der Waals surface area contributed by atoms with Crippen molar-refractivity contribution in [3.05, 3.63) is 94.2 Å². The highest BCUT2D eigenvalue weighted by atomic mass is 35.5. The maximum Gasteiger partial charge on any atom is 0.304 e. The van der Waals surface area contributed by atoms with Crippen LogP contribution in [0.3, 0.4) is 0 Å².